The average molecular weight is 398 g/mol. The second kappa shape index (κ2) is 8.30. The molecule has 0 fully saturated rings. The number of aromatic nitrogens is 2. The number of esters is 1. The predicted octanol–water partition coefficient (Wildman–Crippen LogP) is 3.10. The topological polar surface area (TPSA) is 116 Å². The molecule has 0 saturated heterocycles. The predicted molar refractivity (Wildman–Crippen MR) is 100 cm³/mol. The molecule has 29 heavy (non-hydrogen) atoms. The minimum absolute atomic E-state index is 0.0123. The molecule has 0 aliphatic heterocycles. The van der Waals surface area contributed by atoms with E-state index >= 15 is 0 Å². The highest BCUT2D eigenvalue weighted by molar-refractivity contribution is 5.98. The van der Waals surface area contributed by atoms with Crippen molar-refractivity contribution in [3.05, 3.63) is 82.7 Å². The number of rotatable bonds is 6. The van der Waals surface area contributed by atoms with Crippen LogP contribution in [-0.4, -0.2) is 32.5 Å². The highest BCUT2D eigenvalue weighted by Gasteiger charge is 2.24. The quantitative estimate of drug-likeness (QED) is 0.387. The van der Waals surface area contributed by atoms with E-state index in [1.807, 2.05) is 0 Å². The number of ether oxygens (including phenoxy) is 1. The summed E-state index contributed by atoms with van der Waals surface area (Å²) in [7, 11) is 0. The molecule has 0 radical (unpaired) electrons. The van der Waals surface area contributed by atoms with E-state index < -0.39 is 28.7 Å². The van der Waals surface area contributed by atoms with Crippen molar-refractivity contribution in [2.75, 3.05) is 5.32 Å². The second-order valence-electron chi connectivity index (χ2n) is 5.94. The lowest BCUT2D eigenvalue weighted by Gasteiger charge is -2.14. The van der Waals surface area contributed by atoms with Gasteiger partial charge in [0.1, 0.15) is 11.5 Å². The SMILES string of the molecule is C[C@@H](OC(=O)c1cncn1-c1ccc(F)cc1)C(=O)Nc1ccccc1[N+](=O)[O-]. The van der Waals surface area contributed by atoms with E-state index in [0.29, 0.717) is 5.69 Å². The van der Waals surface area contributed by atoms with E-state index in [1.54, 1.807) is 0 Å². The smallest absolute Gasteiger partial charge is 0.357 e. The Labute approximate surface area is 163 Å². The first-order chi connectivity index (χ1) is 13.9. The number of carbonyl (C=O) groups excluding carboxylic acids is 2. The summed E-state index contributed by atoms with van der Waals surface area (Å²) in [6.45, 7) is 1.33. The molecule has 0 unspecified atom stereocenters. The first kappa shape index (κ1) is 19.7. The third-order valence-electron chi connectivity index (χ3n) is 3.96. The average Bonchev–Trinajstić information content (AvgIpc) is 3.18. The van der Waals surface area contributed by atoms with Crippen LogP contribution in [-0.2, 0) is 9.53 Å². The highest BCUT2D eigenvalue weighted by Crippen LogP contribution is 2.23. The molecule has 10 heteroatoms. The van der Waals surface area contributed by atoms with Gasteiger partial charge < -0.3 is 10.1 Å². The Morgan fingerprint density at radius 2 is 1.90 bits per heavy atom. The van der Waals surface area contributed by atoms with Gasteiger partial charge in [-0.05, 0) is 37.3 Å². The molecule has 148 valence electrons. The first-order valence-electron chi connectivity index (χ1n) is 8.40. The molecule has 3 rings (SSSR count). The van der Waals surface area contributed by atoms with Gasteiger partial charge in [0.15, 0.2) is 11.8 Å². The Bertz CT molecular complexity index is 1060. The van der Waals surface area contributed by atoms with Gasteiger partial charge in [0, 0.05) is 11.8 Å². The van der Waals surface area contributed by atoms with E-state index in [2.05, 4.69) is 10.3 Å². The maximum atomic E-state index is 13.1. The number of para-hydroxylation sites is 2. The Kier molecular flexibility index (Phi) is 5.63. The molecular weight excluding hydrogens is 383 g/mol. The number of amides is 1. The van der Waals surface area contributed by atoms with E-state index in [9.17, 15) is 24.1 Å². The van der Waals surface area contributed by atoms with Crippen LogP contribution in [0.3, 0.4) is 0 Å². The first-order valence-corrected chi connectivity index (χ1v) is 8.40. The lowest BCUT2D eigenvalue weighted by atomic mass is 10.2. The number of nitro groups is 1. The van der Waals surface area contributed by atoms with Crippen molar-refractivity contribution < 1.29 is 23.6 Å². The van der Waals surface area contributed by atoms with Gasteiger partial charge in [0.05, 0.1) is 17.4 Å². The van der Waals surface area contributed by atoms with Crippen LogP contribution >= 0.6 is 0 Å². The molecule has 1 N–H and O–H groups in total. The fraction of sp³-hybridized carbons (Fsp3) is 0.105. The molecule has 2 aromatic carbocycles. The molecule has 1 atom stereocenters. The van der Waals surface area contributed by atoms with Crippen molar-refractivity contribution in [2.45, 2.75) is 13.0 Å². The highest BCUT2D eigenvalue weighted by atomic mass is 19.1. The minimum atomic E-state index is -1.24. The van der Waals surface area contributed by atoms with Crippen LogP contribution in [0, 0.1) is 15.9 Å². The van der Waals surface area contributed by atoms with E-state index in [-0.39, 0.29) is 17.1 Å². The molecule has 1 amide bonds. The number of nitro benzene ring substituents is 1. The second-order valence-corrected chi connectivity index (χ2v) is 5.94. The summed E-state index contributed by atoms with van der Waals surface area (Å²) in [6, 6.07) is 11.0. The van der Waals surface area contributed by atoms with Gasteiger partial charge in [-0.3, -0.25) is 19.5 Å². The van der Waals surface area contributed by atoms with Gasteiger partial charge in [-0.25, -0.2) is 14.2 Å². The molecule has 9 nitrogen and oxygen atoms in total. The fourth-order valence-electron chi connectivity index (χ4n) is 2.50. The van der Waals surface area contributed by atoms with Crippen LogP contribution in [0.5, 0.6) is 0 Å². The van der Waals surface area contributed by atoms with Crippen molar-refractivity contribution in [2.24, 2.45) is 0 Å². The molecule has 1 aromatic heterocycles. The third kappa shape index (κ3) is 4.43. The summed E-state index contributed by atoms with van der Waals surface area (Å²) in [6.07, 6.45) is 1.36. The van der Waals surface area contributed by atoms with E-state index in [4.69, 9.17) is 4.74 Å². The maximum absolute atomic E-state index is 13.1. The number of benzene rings is 2. The van der Waals surface area contributed by atoms with Gasteiger partial charge in [-0.1, -0.05) is 12.1 Å². The summed E-state index contributed by atoms with van der Waals surface area (Å²) in [5, 5.41) is 13.4. The Morgan fingerprint density at radius 3 is 2.59 bits per heavy atom. The zero-order chi connectivity index (χ0) is 21.0. The van der Waals surface area contributed by atoms with Crippen LogP contribution in [0.15, 0.2) is 61.1 Å². The number of nitrogens with one attached hydrogen (secondary N) is 1. The standard InChI is InChI=1S/C19H15FN4O5/c1-12(18(25)22-15-4-2-3-5-16(15)24(27)28)29-19(26)17-10-21-11-23(17)14-8-6-13(20)7-9-14/h2-12H,1H3,(H,22,25)/t12-/m1/s1. The van der Waals surface area contributed by atoms with Crippen molar-refractivity contribution in [3.63, 3.8) is 0 Å². The number of halogens is 1. The molecule has 3 aromatic rings. The number of carbonyl (C=O) groups is 2. The largest absolute Gasteiger partial charge is 0.448 e. The van der Waals surface area contributed by atoms with Crippen molar-refractivity contribution >= 4 is 23.3 Å². The van der Waals surface area contributed by atoms with Gasteiger partial charge in [-0.15, -0.1) is 0 Å². The van der Waals surface area contributed by atoms with Gasteiger partial charge in [0.2, 0.25) is 0 Å². The summed E-state index contributed by atoms with van der Waals surface area (Å²) in [5.74, 6) is -2.00. The molecule has 1 heterocycles. The number of hydrogen-bond donors (Lipinski definition) is 1. The molecule has 0 bridgehead atoms. The summed E-state index contributed by atoms with van der Waals surface area (Å²) >= 11 is 0. The number of anilines is 1. The lowest BCUT2D eigenvalue weighted by molar-refractivity contribution is -0.383. The third-order valence-corrected chi connectivity index (χ3v) is 3.96. The summed E-state index contributed by atoms with van der Waals surface area (Å²) in [4.78, 5) is 39.1. The Hall–Kier alpha value is -4.08. The number of hydrogen-bond acceptors (Lipinski definition) is 6. The minimum Gasteiger partial charge on any atom is -0.448 e. The zero-order valence-electron chi connectivity index (χ0n) is 15.1. The summed E-state index contributed by atoms with van der Waals surface area (Å²) < 4.78 is 19.6. The normalized spacial score (nSPS) is 11.5. The van der Waals surface area contributed by atoms with Crippen LogP contribution in [0.4, 0.5) is 15.8 Å². The van der Waals surface area contributed by atoms with Crippen molar-refractivity contribution in [3.8, 4) is 5.69 Å². The summed E-state index contributed by atoms with van der Waals surface area (Å²) in [5.41, 5.74) is 0.213. The molecule has 0 aliphatic rings. The van der Waals surface area contributed by atoms with Crippen LogP contribution < -0.4 is 5.32 Å². The lowest BCUT2D eigenvalue weighted by Crippen LogP contribution is -2.30. The Morgan fingerprint density at radius 1 is 1.21 bits per heavy atom. The number of imidazole rings is 1. The molecule has 0 spiro atoms. The Balaban J connectivity index is 1.72. The maximum Gasteiger partial charge on any atom is 0.357 e. The van der Waals surface area contributed by atoms with Crippen LogP contribution in [0.1, 0.15) is 17.4 Å². The van der Waals surface area contributed by atoms with Crippen LogP contribution in [0.25, 0.3) is 5.69 Å². The van der Waals surface area contributed by atoms with Gasteiger partial charge in [0.25, 0.3) is 11.6 Å². The monoisotopic (exact) mass is 398 g/mol. The van der Waals surface area contributed by atoms with Crippen LogP contribution in [0.2, 0.25) is 0 Å². The van der Waals surface area contributed by atoms with Gasteiger partial charge in [-0.2, -0.15) is 0 Å². The van der Waals surface area contributed by atoms with Gasteiger partial charge >= 0.3 is 5.97 Å². The van der Waals surface area contributed by atoms with Crippen molar-refractivity contribution in [1.29, 1.82) is 0 Å². The van der Waals surface area contributed by atoms with Crippen molar-refractivity contribution in [1.82, 2.24) is 9.55 Å². The molecular formula is C19H15FN4O5. The van der Waals surface area contributed by atoms with E-state index in [1.165, 1.54) is 72.5 Å². The zero-order valence-corrected chi connectivity index (χ0v) is 15.1. The molecule has 0 saturated carbocycles. The number of nitrogens with zero attached hydrogens (tertiary/aromatic N) is 3. The molecule has 0 aliphatic carbocycles. The van der Waals surface area contributed by atoms with E-state index in [0.717, 1.165) is 0 Å². The fourth-order valence-corrected chi connectivity index (χ4v) is 2.50.